The first-order chi connectivity index (χ1) is 15.9. The molecule has 0 aliphatic heterocycles. The highest BCUT2D eigenvalue weighted by Gasteiger charge is 2.24. The zero-order chi connectivity index (χ0) is 23.1. The van der Waals surface area contributed by atoms with Crippen molar-refractivity contribution in [3.8, 4) is 0 Å². The molecule has 0 bridgehead atoms. The number of anilines is 1. The van der Waals surface area contributed by atoms with E-state index in [1.807, 2.05) is 61.0 Å². The van der Waals surface area contributed by atoms with Gasteiger partial charge in [0.2, 0.25) is 0 Å². The van der Waals surface area contributed by atoms with E-state index in [4.69, 9.17) is 0 Å². The highest BCUT2D eigenvalue weighted by Crippen LogP contribution is 2.33. The second kappa shape index (κ2) is 8.37. The predicted molar refractivity (Wildman–Crippen MR) is 127 cm³/mol. The summed E-state index contributed by atoms with van der Waals surface area (Å²) in [6.45, 7) is 4.57. The topological polar surface area (TPSA) is 51.0 Å². The van der Waals surface area contributed by atoms with E-state index in [9.17, 15) is 13.6 Å². The Morgan fingerprint density at radius 3 is 2.64 bits per heavy atom. The SMILES string of the molecule is Cc1cc(C)n(CCN(C(=O)c2cccc3ccccc23)c2nc3c(F)cc(F)cc3s2)n1. The fourth-order valence-corrected chi connectivity index (χ4v) is 5.03. The number of fused-ring (bicyclic) bond motifs is 2. The van der Waals surface area contributed by atoms with Crippen molar-refractivity contribution in [3.05, 3.63) is 89.2 Å². The Morgan fingerprint density at radius 1 is 1.06 bits per heavy atom. The lowest BCUT2D eigenvalue weighted by atomic mass is 10.0. The van der Waals surface area contributed by atoms with Crippen molar-refractivity contribution < 1.29 is 13.6 Å². The molecule has 5 aromatic rings. The Labute approximate surface area is 192 Å². The summed E-state index contributed by atoms with van der Waals surface area (Å²) in [5, 5.41) is 6.55. The molecule has 0 aliphatic rings. The van der Waals surface area contributed by atoms with Crippen LogP contribution in [-0.4, -0.2) is 27.2 Å². The van der Waals surface area contributed by atoms with Crippen molar-refractivity contribution in [3.63, 3.8) is 0 Å². The van der Waals surface area contributed by atoms with Gasteiger partial charge in [-0.1, -0.05) is 47.7 Å². The molecule has 3 aromatic carbocycles. The van der Waals surface area contributed by atoms with Crippen LogP contribution < -0.4 is 4.90 Å². The molecule has 5 nitrogen and oxygen atoms in total. The van der Waals surface area contributed by atoms with E-state index in [1.54, 1.807) is 6.07 Å². The molecule has 0 N–H and O–H groups in total. The number of carbonyl (C=O) groups is 1. The number of amides is 1. The van der Waals surface area contributed by atoms with Gasteiger partial charge in [0.1, 0.15) is 11.3 Å². The number of hydrogen-bond acceptors (Lipinski definition) is 4. The molecule has 33 heavy (non-hydrogen) atoms. The van der Waals surface area contributed by atoms with Crippen LogP contribution in [0.15, 0.2) is 60.7 Å². The van der Waals surface area contributed by atoms with Crippen LogP contribution in [0.5, 0.6) is 0 Å². The van der Waals surface area contributed by atoms with E-state index in [0.29, 0.717) is 21.9 Å². The molecule has 166 valence electrons. The smallest absolute Gasteiger partial charge is 0.260 e. The Balaban J connectivity index is 1.59. The van der Waals surface area contributed by atoms with E-state index in [1.165, 1.54) is 11.0 Å². The zero-order valence-electron chi connectivity index (χ0n) is 18.0. The lowest BCUT2D eigenvalue weighted by Gasteiger charge is -2.21. The van der Waals surface area contributed by atoms with Gasteiger partial charge in [0.15, 0.2) is 10.9 Å². The number of aromatic nitrogens is 3. The van der Waals surface area contributed by atoms with Gasteiger partial charge in [0.05, 0.1) is 16.9 Å². The summed E-state index contributed by atoms with van der Waals surface area (Å²) >= 11 is 1.09. The summed E-state index contributed by atoms with van der Waals surface area (Å²) in [7, 11) is 0. The van der Waals surface area contributed by atoms with Crippen molar-refractivity contribution in [1.29, 1.82) is 0 Å². The second-order valence-corrected chi connectivity index (χ2v) is 8.87. The highest BCUT2D eigenvalue weighted by atomic mass is 32.1. The van der Waals surface area contributed by atoms with Crippen LogP contribution in [0, 0.1) is 25.5 Å². The fourth-order valence-electron chi connectivity index (χ4n) is 4.00. The summed E-state index contributed by atoms with van der Waals surface area (Å²) in [6, 6.07) is 17.2. The van der Waals surface area contributed by atoms with E-state index < -0.39 is 11.6 Å². The quantitative estimate of drug-likeness (QED) is 0.327. The summed E-state index contributed by atoms with van der Waals surface area (Å²) in [5.41, 5.74) is 2.44. The van der Waals surface area contributed by atoms with Gasteiger partial charge in [-0.25, -0.2) is 13.8 Å². The number of aryl methyl sites for hydroxylation is 2. The molecule has 0 aliphatic carbocycles. The van der Waals surface area contributed by atoms with Crippen LogP contribution in [0.2, 0.25) is 0 Å². The van der Waals surface area contributed by atoms with Crippen molar-refractivity contribution in [1.82, 2.24) is 14.8 Å². The zero-order valence-corrected chi connectivity index (χ0v) is 18.9. The van der Waals surface area contributed by atoms with Crippen LogP contribution >= 0.6 is 11.3 Å². The highest BCUT2D eigenvalue weighted by molar-refractivity contribution is 7.22. The van der Waals surface area contributed by atoms with Gasteiger partial charge in [0.25, 0.3) is 5.91 Å². The Hall–Kier alpha value is -3.65. The molecule has 2 heterocycles. The molecule has 5 rings (SSSR count). The third-order valence-corrected chi connectivity index (χ3v) is 6.56. The maximum atomic E-state index is 14.3. The molecule has 0 saturated heterocycles. The van der Waals surface area contributed by atoms with Crippen LogP contribution in [-0.2, 0) is 6.54 Å². The largest absolute Gasteiger partial charge is 0.282 e. The average molecular weight is 463 g/mol. The number of hydrogen-bond donors (Lipinski definition) is 0. The van der Waals surface area contributed by atoms with Gasteiger partial charge in [-0.15, -0.1) is 0 Å². The third-order valence-electron chi connectivity index (χ3n) is 5.54. The molecule has 0 fully saturated rings. The van der Waals surface area contributed by atoms with Crippen LogP contribution in [0.4, 0.5) is 13.9 Å². The second-order valence-electron chi connectivity index (χ2n) is 7.86. The van der Waals surface area contributed by atoms with Crippen molar-refractivity contribution in [2.75, 3.05) is 11.4 Å². The van der Waals surface area contributed by atoms with E-state index in [2.05, 4.69) is 10.1 Å². The molecule has 0 saturated carbocycles. The molecule has 8 heteroatoms. The number of thiazole rings is 1. The van der Waals surface area contributed by atoms with E-state index in [-0.39, 0.29) is 18.0 Å². The van der Waals surface area contributed by atoms with Gasteiger partial charge >= 0.3 is 0 Å². The molecule has 2 aromatic heterocycles. The number of halogens is 2. The summed E-state index contributed by atoms with van der Waals surface area (Å²) in [4.78, 5) is 19.7. The minimum atomic E-state index is -0.747. The average Bonchev–Trinajstić information content (AvgIpc) is 3.35. The molecule has 1 amide bonds. The number of benzene rings is 3. The number of rotatable bonds is 5. The number of nitrogens with zero attached hydrogens (tertiary/aromatic N) is 4. The molecule has 0 spiro atoms. The minimum absolute atomic E-state index is 0.0539. The molecule has 0 radical (unpaired) electrons. The number of carbonyl (C=O) groups excluding carboxylic acids is 1. The van der Waals surface area contributed by atoms with Crippen molar-refractivity contribution in [2.24, 2.45) is 0 Å². The lowest BCUT2D eigenvalue weighted by Crippen LogP contribution is -2.34. The summed E-state index contributed by atoms with van der Waals surface area (Å²) in [6.07, 6.45) is 0. The van der Waals surface area contributed by atoms with Gasteiger partial charge in [-0.05, 0) is 42.8 Å². The molecular weight excluding hydrogens is 442 g/mol. The Kier molecular flexibility index (Phi) is 5.38. The van der Waals surface area contributed by atoms with E-state index in [0.717, 1.165) is 39.6 Å². The standard InChI is InChI=1S/C25H20F2N4OS/c1-15-12-16(2)31(29-15)11-10-30(25-28-23-21(27)13-18(26)14-22(23)33-25)24(32)20-9-5-7-17-6-3-4-8-19(17)20/h3-9,12-14H,10-11H2,1-2H3. The Morgan fingerprint density at radius 2 is 1.85 bits per heavy atom. The summed E-state index contributed by atoms with van der Waals surface area (Å²) in [5.74, 6) is -1.68. The summed E-state index contributed by atoms with van der Waals surface area (Å²) < 4.78 is 30.3. The maximum absolute atomic E-state index is 14.3. The monoisotopic (exact) mass is 462 g/mol. The van der Waals surface area contributed by atoms with Crippen LogP contribution in [0.3, 0.4) is 0 Å². The van der Waals surface area contributed by atoms with E-state index >= 15 is 0 Å². The van der Waals surface area contributed by atoms with Crippen LogP contribution in [0.1, 0.15) is 21.7 Å². The Bertz CT molecular complexity index is 1500. The maximum Gasteiger partial charge on any atom is 0.260 e. The van der Waals surface area contributed by atoms with Gasteiger partial charge in [-0.2, -0.15) is 5.10 Å². The lowest BCUT2D eigenvalue weighted by molar-refractivity contribution is 0.0987. The normalized spacial score (nSPS) is 11.4. The van der Waals surface area contributed by atoms with Gasteiger partial charge in [-0.3, -0.25) is 14.4 Å². The first kappa shape index (κ1) is 21.2. The molecular formula is C25H20F2N4OS. The predicted octanol–water partition coefficient (Wildman–Crippen LogP) is 5.89. The third kappa shape index (κ3) is 3.98. The first-order valence-corrected chi connectivity index (χ1v) is 11.3. The fraction of sp³-hybridized carbons (Fsp3) is 0.160. The molecule has 0 atom stereocenters. The van der Waals surface area contributed by atoms with Crippen LogP contribution in [0.25, 0.3) is 21.0 Å². The van der Waals surface area contributed by atoms with Crippen molar-refractivity contribution >= 4 is 43.4 Å². The van der Waals surface area contributed by atoms with Gasteiger partial charge in [0, 0.05) is 23.9 Å². The molecule has 0 unspecified atom stereocenters. The van der Waals surface area contributed by atoms with Crippen molar-refractivity contribution in [2.45, 2.75) is 20.4 Å². The van der Waals surface area contributed by atoms with Gasteiger partial charge < -0.3 is 0 Å². The first-order valence-electron chi connectivity index (χ1n) is 10.5. The minimum Gasteiger partial charge on any atom is -0.282 e.